The molecule has 0 radical (unpaired) electrons. The molecule has 0 aliphatic heterocycles. The highest BCUT2D eigenvalue weighted by Gasteiger charge is 2.09. The van der Waals surface area contributed by atoms with Gasteiger partial charge in [0.15, 0.2) is 11.5 Å². The van der Waals surface area contributed by atoms with Gasteiger partial charge in [0.2, 0.25) is 5.91 Å². The molecule has 0 spiro atoms. The van der Waals surface area contributed by atoms with Crippen LogP contribution in [0.2, 0.25) is 5.02 Å². The van der Waals surface area contributed by atoms with Crippen molar-refractivity contribution in [1.82, 2.24) is 0 Å². The number of ether oxygens (including phenoxy) is 3. The molecule has 0 atom stereocenters. The summed E-state index contributed by atoms with van der Waals surface area (Å²) in [4.78, 5) is 12.2. The Labute approximate surface area is 158 Å². The van der Waals surface area contributed by atoms with E-state index < -0.39 is 0 Å². The molecule has 0 bridgehead atoms. The summed E-state index contributed by atoms with van der Waals surface area (Å²) in [6.45, 7) is 4.32. The number of hydrogen-bond acceptors (Lipinski definition) is 4. The van der Waals surface area contributed by atoms with E-state index >= 15 is 0 Å². The number of nitrogens with one attached hydrogen (secondary N) is 1. The molecule has 6 heteroatoms. The fourth-order valence-electron chi connectivity index (χ4n) is 2.34. The van der Waals surface area contributed by atoms with Gasteiger partial charge < -0.3 is 19.5 Å². The van der Waals surface area contributed by atoms with E-state index in [-0.39, 0.29) is 5.91 Å². The minimum absolute atomic E-state index is 0.280. The highest BCUT2D eigenvalue weighted by Crippen LogP contribution is 2.31. The molecule has 0 aromatic heterocycles. The molecule has 2 aromatic rings. The summed E-state index contributed by atoms with van der Waals surface area (Å²) in [5.74, 6) is 1.50. The lowest BCUT2D eigenvalue weighted by atomic mass is 10.1. The van der Waals surface area contributed by atoms with E-state index in [9.17, 15) is 4.79 Å². The Bertz CT molecular complexity index is 818. The number of methoxy groups -OCH3 is 2. The van der Waals surface area contributed by atoms with Gasteiger partial charge >= 0.3 is 0 Å². The van der Waals surface area contributed by atoms with Gasteiger partial charge in [0.1, 0.15) is 5.75 Å². The normalized spacial score (nSPS) is 10.7. The summed E-state index contributed by atoms with van der Waals surface area (Å²) in [6, 6.07) is 8.91. The molecule has 1 amide bonds. The lowest BCUT2D eigenvalue weighted by molar-refractivity contribution is -0.111. The average Bonchev–Trinajstić information content (AvgIpc) is 2.63. The predicted octanol–water partition coefficient (Wildman–Crippen LogP) is 4.72. The van der Waals surface area contributed by atoms with Crippen molar-refractivity contribution in [3.8, 4) is 17.2 Å². The maximum absolute atomic E-state index is 12.2. The monoisotopic (exact) mass is 375 g/mol. The Kier molecular flexibility index (Phi) is 6.92. The fraction of sp³-hybridized carbons (Fsp3) is 0.250. The van der Waals surface area contributed by atoms with Gasteiger partial charge in [-0.05, 0) is 49.2 Å². The molecule has 2 rings (SSSR count). The predicted molar refractivity (Wildman–Crippen MR) is 105 cm³/mol. The second-order valence-electron chi connectivity index (χ2n) is 5.47. The van der Waals surface area contributed by atoms with Crippen LogP contribution in [0, 0.1) is 6.92 Å². The van der Waals surface area contributed by atoms with Gasteiger partial charge in [0, 0.05) is 17.2 Å². The molecule has 138 valence electrons. The minimum Gasteiger partial charge on any atom is -0.495 e. The van der Waals surface area contributed by atoms with E-state index in [1.165, 1.54) is 13.2 Å². The highest BCUT2D eigenvalue weighted by atomic mass is 35.5. The van der Waals surface area contributed by atoms with Crippen molar-refractivity contribution in [1.29, 1.82) is 0 Å². The van der Waals surface area contributed by atoms with Gasteiger partial charge in [-0.2, -0.15) is 0 Å². The Morgan fingerprint density at radius 1 is 1.12 bits per heavy atom. The summed E-state index contributed by atoms with van der Waals surface area (Å²) in [5.41, 5.74) is 2.23. The smallest absolute Gasteiger partial charge is 0.248 e. The first-order valence-electron chi connectivity index (χ1n) is 8.12. The van der Waals surface area contributed by atoms with Gasteiger partial charge in [-0.15, -0.1) is 0 Å². The zero-order chi connectivity index (χ0) is 19.1. The van der Waals surface area contributed by atoms with Crippen molar-refractivity contribution < 1.29 is 19.0 Å². The number of amides is 1. The number of benzene rings is 2. The van der Waals surface area contributed by atoms with Crippen LogP contribution < -0.4 is 19.5 Å². The van der Waals surface area contributed by atoms with Gasteiger partial charge in [-0.1, -0.05) is 17.7 Å². The number of rotatable bonds is 7. The largest absolute Gasteiger partial charge is 0.495 e. The number of halogens is 1. The van der Waals surface area contributed by atoms with Gasteiger partial charge in [-0.3, -0.25) is 4.79 Å². The van der Waals surface area contributed by atoms with Crippen LogP contribution in [0.15, 0.2) is 36.4 Å². The average molecular weight is 376 g/mol. The van der Waals surface area contributed by atoms with Crippen LogP contribution in [0.25, 0.3) is 6.08 Å². The molecule has 26 heavy (non-hydrogen) atoms. The number of aryl methyl sites for hydroxylation is 1. The fourth-order valence-corrected chi connectivity index (χ4v) is 2.49. The van der Waals surface area contributed by atoms with E-state index in [0.29, 0.717) is 34.6 Å². The second-order valence-corrected chi connectivity index (χ2v) is 5.87. The van der Waals surface area contributed by atoms with E-state index in [0.717, 1.165) is 11.1 Å². The van der Waals surface area contributed by atoms with Crippen molar-refractivity contribution >= 4 is 29.3 Å². The number of carbonyl (C=O) groups excluding carboxylic acids is 1. The second kappa shape index (κ2) is 9.15. The van der Waals surface area contributed by atoms with Gasteiger partial charge in [0.05, 0.1) is 26.5 Å². The maximum Gasteiger partial charge on any atom is 0.248 e. The van der Waals surface area contributed by atoms with Gasteiger partial charge in [-0.25, -0.2) is 0 Å². The zero-order valence-electron chi connectivity index (χ0n) is 15.3. The maximum atomic E-state index is 12.2. The van der Waals surface area contributed by atoms with Crippen LogP contribution in [0.4, 0.5) is 5.69 Å². The van der Waals surface area contributed by atoms with Crippen LogP contribution in [0.1, 0.15) is 18.1 Å². The third-order valence-corrected chi connectivity index (χ3v) is 4.06. The summed E-state index contributed by atoms with van der Waals surface area (Å²) < 4.78 is 16.0. The quantitative estimate of drug-likeness (QED) is 0.711. The number of carbonyl (C=O) groups is 1. The summed E-state index contributed by atoms with van der Waals surface area (Å²) in [5, 5.41) is 3.38. The van der Waals surface area contributed by atoms with Gasteiger partial charge in [0.25, 0.3) is 0 Å². The SMILES string of the molecule is CCOc1ccc(C=CC(=O)Nc2cc(C)c(Cl)cc2OC)cc1OC. The lowest BCUT2D eigenvalue weighted by Crippen LogP contribution is -2.09. The molecule has 0 fully saturated rings. The van der Waals surface area contributed by atoms with Crippen LogP contribution in [-0.2, 0) is 4.79 Å². The van der Waals surface area contributed by atoms with E-state index in [1.54, 1.807) is 25.3 Å². The minimum atomic E-state index is -0.280. The molecular formula is C20H22ClNO4. The molecule has 1 N–H and O–H groups in total. The van der Waals surface area contributed by atoms with E-state index in [1.807, 2.05) is 32.0 Å². The number of hydrogen-bond donors (Lipinski definition) is 1. The third kappa shape index (κ3) is 4.92. The molecule has 0 aliphatic carbocycles. The van der Waals surface area contributed by atoms with Crippen LogP contribution in [0.5, 0.6) is 17.2 Å². The first-order chi connectivity index (χ1) is 12.5. The van der Waals surface area contributed by atoms with Crippen molar-refractivity contribution in [3.63, 3.8) is 0 Å². The molecule has 0 heterocycles. The summed E-state index contributed by atoms with van der Waals surface area (Å²) in [6.07, 6.45) is 3.14. The molecule has 0 aliphatic rings. The standard InChI is InChI=1S/C20H22ClNO4/c1-5-26-17-8-6-14(11-19(17)25-4)7-9-20(23)22-16-10-13(2)15(21)12-18(16)24-3/h6-12H,5H2,1-4H3,(H,22,23). The zero-order valence-corrected chi connectivity index (χ0v) is 16.0. The molecule has 0 saturated heterocycles. The van der Waals surface area contributed by atoms with E-state index in [4.69, 9.17) is 25.8 Å². The first kappa shape index (κ1) is 19.7. The van der Waals surface area contributed by atoms with Crippen molar-refractivity contribution in [2.75, 3.05) is 26.1 Å². The highest BCUT2D eigenvalue weighted by molar-refractivity contribution is 6.31. The Balaban J connectivity index is 2.14. The van der Waals surface area contributed by atoms with E-state index in [2.05, 4.69) is 5.32 Å². The number of anilines is 1. The van der Waals surface area contributed by atoms with Crippen molar-refractivity contribution in [2.24, 2.45) is 0 Å². The first-order valence-corrected chi connectivity index (χ1v) is 8.50. The lowest BCUT2D eigenvalue weighted by Gasteiger charge is -2.11. The Morgan fingerprint density at radius 2 is 1.85 bits per heavy atom. The Hall–Kier alpha value is -2.66. The van der Waals surface area contributed by atoms with Crippen molar-refractivity contribution in [3.05, 3.63) is 52.6 Å². The summed E-state index contributed by atoms with van der Waals surface area (Å²) in [7, 11) is 3.10. The molecule has 2 aromatic carbocycles. The topological polar surface area (TPSA) is 56.8 Å². The molecular weight excluding hydrogens is 354 g/mol. The molecule has 5 nitrogen and oxygen atoms in total. The van der Waals surface area contributed by atoms with Crippen molar-refractivity contribution in [2.45, 2.75) is 13.8 Å². The molecule has 0 saturated carbocycles. The third-order valence-electron chi connectivity index (χ3n) is 3.65. The Morgan fingerprint density at radius 3 is 2.50 bits per heavy atom. The van der Waals surface area contributed by atoms with Crippen LogP contribution >= 0.6 is 11.6 Å². The van der Waals surface area contributed by atoms with Crippen LogP contribution in [-0.4, -0.2) is 26.7 Å². The molecule has 0 unspecified atom stereocenters. The van der Waals surface area contributed by atoms with Crippen LogP contribution in [0.3, 0.4) is 0 Å². The summed E-state index contributed by atoms with van der Waals surface area (Å²) >= 11 is 6.08.